The number of hydrogen-bond donors (Lipinski definition) is 1. The number of rotatable bonds is 3. The Balaban J connectivity index is 2.36. The van der Waals surface area contributed by atoms with Gasteiger partial charge >= 0.3 is 0 Å². The molecule has 2 atom stereocenters. The number of benzene rings is 1. The Morgan fingerprint density at radius 3 is 2.85 bits per heavy atom. The third kappa shape index (κ3) is 2.64. The molecule has 0 bridgehead atoms. The predicted octanol–water partition coefficient (Wildman–Crippen LogP) is 1.46. The van der Waals surface area contributed by atoms with Crippen LogP contribution in [0.15, 0.2) is 18.2 Å². The number of primary amides is 1. The van der Waals surface area contributed by atoms with Gasteiger partial charge in [-0.05, 0) is 38.0 Å². The van der Waals surface area contributed by atoms with Gasteiger partial charge in [0, 0.05) is 18.2 Å². The molecular weight excluding hydrogens is 254 g/mol. The van der Waals surface area contributed by atoms with E-state index in [0.717, 1.165) is 24.8 Å². The minimum absolute atomic E-state index is 0.191. The van der Waals surface area contributed by atoms with Gasteiger partial charge in [-0.25, -0.2) is 0 Å². The molecule has 5 nitrogen and oxygen atoms in total. The second kappa shape index (κ2) is 5.74. The van der Waals surface area contributed by atoms with Crippen LogP contribution in [-0.4, -0.2) is 24.8 Å². The van der Waals surface area contributed by atoms with Crippen LogP contribution in [0, 0.1) is 17.2 Å². The maximum absolute atomic E-state index is 11.4. The van der Waals surface area contributed by atoms with E-state index in [1.807, 2.05) is 4.90 Å². The average molecular weight is 271 g/mol. The molecule has 0 saturated carbocycles. The molecule has 0 aromatic heterocycles. The lowest BCUT2D eigenvalue weighted by Gasteiger charge is -2.39. The molecule has 2 unspecified atom stereocenters. The number of amides is 1. The zero-order valence-electron chi connectivity index (χ0n) is 11.4. The fourth-order valence-corrected chi connectivity index (χ4v) is 2.64. The summed E-state index contributed by atoms with van der Waals surface area (Å²) in [7, 11) is 0. The standard InChI is InChI=1S/C15H17N3O2/c1-10-2-4-12(15(17)20)8-18(10)14-5-3-11(9-19)6-13(14)7-16/h3,5-6,9-10,12H,2,4,8H2,1H3,(H2,17,20). The number of carbonyl (C=O) groups excluding carboxylic acids is 2. The van der Waals surface area contributed by atoms with Crippen molar-refractivity contribution in [2.24, 2.45) is 11.7 Å². The van der Waals surface area contributed by atoms with Gasteiger partial charge in [0.2, 0.25) is 5.91 Å². The van der Waals surface area contributed by atoms with Crippen molar-refractivity contribution in [3.05, 3.63) is 29.3 Å². The number of nitriles is 1. The number of piperidine rings is 1. The fraction of sp³-hybridized carbons (Fsp3) is 0.400. The first-order valence-corrected chi connectivity index (χ1v) is 6.62. The first-order chi connectivity index (χ1) is 9.56. The van der Waals surface area contributed by atoms with E-state index in [9.17, 15) is 14.9 Å². The highest BCUT2D eigenvalue weighted by Crippen LogP contribution is 2.30. The number of carbonyl (C=O) groups is 2. The van der Waals surface area contributed by atoms with Crippen LogP contribution in [0.25, 0.3) is 0 Å². The monoisotopic (exact) mass is 271 g/mol. The topological polar surface area (TPSA) is 87.2 Å². The number of nitrogens with two attached hydrogens (primary N) is 1. The Kier molecular flexibility index (Phi) is 4.04. The summed E-state index contributed by atoms with van der Waals surface area (Å²) < 4.78 is 0. The van der Waals surface area contributed by atoms with Crippen LogP contribution in [0.5, 0.6) is 0 Å². The zero-order chi connectivity index (χ0) is 14.7. The Morgan fingerprint density at radius 2 is 2.25 bits per heavy atom. The smallest absolute Gasteiger partial charge is 0.222 e. The lowest BCUT2D eigenvalue weighted by atomic mass is 9.91. The fourth-order valence-electron chi connectivity index (χ4n) is 2.64. The second-order valence-electron chi connectivity index (χ2n) is 5.18. The molecule has 0 radical (unpaired) electrons. The van der Waals surface area contributed by atoms with Crippen LogP contribution in [0.1, 0.15) is 35.7 Å². The molecule has 104 valence electrons. The molecule has 5 heteroatoms. The third-order valence-electron chi connectivity index (χ3n) is 3.87. The van der Waals surface area contributed by atoms with Gasteiger partial charge in [0.05, 0.1) is 17.2 Å². The van der Waals surface area contributed by atoms with Crippen molar-refractivity contribution >= 4 is 17.9 Å². The lowest BCUT2D eigenvalue weighted by molar-refractivity contribution is -0.122. The first kappa shape index (κ1) is 14.1. The molecule has 1 aromatic carbocycles. The summed E-state index contributed by atoms with van der Waals surface area (Å²) in [6.07, 6.45) is 2.35. The van der Waals surface area contributed by atoms with Gasteiger partial charge < -0.3 is 10.6 Å². The number of hydrogen-bond acceptors (Lipinski definition) is 4. The van der Waals surface area contributed by atoms with Crippen molar-refractivity contribution in [2.45, 2.75) is 25.8 Å². The van der Waals surface area contributed by atoms with Gasteiger partial charge in [-0.2, -0.15) is 5.26 Å². The Labute approximate surface area is 118 Å². The summed E-state index contributed by atoms with van der Waals surface area (Å²) in [6.45, 7) is 2.58. The minimum atomic E-state index is -0.301. The highest BCUT2D eigenvalue weighted by atomic mass is 16.1. The van der Waals surface area contributed by atoms with E-state index in [1.165, 1.54) is 0 Å². The van der Waals surface area contributed by atoms with E-state index in [1.54, 1.807) is 18.2 Å². The van der Waals surface area contributed by atoms with E-state index >= 15 is 0 Å². The van der Waals surface area contributed by atoms with Gasteiger partial charge in [0.15, 0.2) is 0 Å². The zero-order valence-corrected chi connectivity index (χ0v) is 11.4. The first-order valence-electron chi connectivity index (χ1n) is 6.62. The van der Waals surface area contributed by atoms with Crippen molar-refractivity contribution in [1.82, 2.24) is 0 Å². The van der Waals surface area contributed by atoms with E-state index in [-0.39, 0.29) is 17.9 Å². The molecule has 2 rings (SSSR count). The highest BCUT2D eigenvalue weighted by molar-refractivity contribution is 5.80. The van der Waals surface area contributed by atoms with E-state index < -0.39 is 0 Å². The molecule has 1 aromatic rings. The summed E-state index contributed by atoms with van der Waals surface area (Å²) in [5, 5.41) is 9.25. The van der Waals surface area contributed by atoms with Crippen LogP contribution in [0.3, 0.4) is 0 Å². The molecular formula is C15H17N3O2. The van der Waals surface area contributed by atoms with Crippen LogP contribution in [0.2, 0.25) is 0 Å². The Hall–Kier alpha value is -2.35. The van der Waals surface area contributed by atoms with Gasteiger partial charge in [0.25, 0.3) is 0 Å². The molecule has 20 heavy (non-hydrogen) atoms. The molecule has 1 aliphatic heterocycles. The second-order valence-corrected chi connectivity index (χ2v) is 5.18. The summed E-state index contributed by atoms with van der Waals surface area (Å²) >= 11 is 0. The molecule has 1 saturated heterocycles. The summed E-state index contributed by atoms with van der Waals surface area (Å²) in [4.78, 5) is 24.2. The molecule has 0 spiro atoms. The van der Waals surface area contributed by atoms with Crippen molar-refractivity contribution < 1.29 is 9.59 Å². The van der Waals surface area contributed by atoms with Crippen LogP contribution in [0.4, 0.5) is 5.69 Å². The quantitative estimate of drug-likeness (QED) is 0.843. The molecule has 1 fully saturated rings. The normalized spacial score (nSPS) is 22.1. The lowest BCUT2D eigenvalue weighted by Crippen LogP contribution is -2.46. The van der Waals surface area contributed by atoms with E-state index in [4.69, 9.17) is 5.73 Å². The molecule has 2 N–H and O–H groups in total. The van der Waals surface area contributed by atoms with Gasteiger partial charge in [-0.15, -0.1) is 0 Å². The van der Waals surface area contributed by atoms with Crippen molar-refractivity contribution in [3.8, 4) is 6.07 Å². The molecule has 0 aliphatic carbocycles. The predicted molar refractivity (Wildman–Crippen MR) is 75.3 cm³/mol. The van der Waals surface area contributed by atoms with Gasteiger partial charge in [-0.1, -0.05) is 0 Å². The summed E-state index contributed by atoms with van der Waals surface area (Å²) in [5.41, 5.74) is 7.08. The van der Waals surface area contributed by atoms with Gasteiger partial charge in [-0.3, -0.25) is 9.59 Å². The number of anilines is 1. The maximum Gasteiger partial charge on any atom is 0.222 e. The number of nitrogens with zero attached hydrogens (tertiary/aromatic N) is 2. The maximum atomic E-state index is 11.4. The Bertz CT molecular complexity index is 577. The van der Waals surface area contributed by atoms with Gasteiger partial charge in [0.1, 0.15) is 12.4 Å². The van der Waals surface area contributed by atoms with Crippen molar-refractivity contribution in [2.75, 3.05) is 11.4 Å². The number of aldehydes is 1. The van der Waals surface area contributed by atoms with E-state index in [0.29, 0.717) is 17.7 Å². The highest BCUT2D eigenvalue weighted by Gasteiger charge is 2.29. The van der Waals surface area contributed by atoms with Crippen LogP contribution < -0.4 is 10.6 Å². The molecule has 1 heterocycles. The largest absolute Gasteiger partial charge is 0.369 e. The summed E-state index contributed by atoms with van der Waals surface area (Å²) in [6, 6.07) is 7.37. The SMILES string of the molecule is CC1CCC(C(N)=O)CN1c1ccc(C=O)cc1C#N. The Morgan fingerprint density at radius 1 is 1.50 bits per heavy atom. The minimum Gasteiger partial charge on any atom is -0.369 e. The van der Waals surface area contributed by atoms with Crippen molar-refractivity contribution in [3.63, 3.8) is 0 Å². The van der Waals surface area contributed by atoms with E-state index in [2.05, 4.69) is 13.0 Å². The van der Waals surface area contributed by atoms with Crippen LogP contribution in [-0.2, 0) is 4.79 Å². The third-order valence-corrected chi connectivity index (χ3v) is 3.87. The molecule has 1 amide bonds. The van der Waals surface area contributed by atoms with Crippen molar-refractivity contribution in [1.29, 1.82) is 5.26 Å². The molecule has 1 aliphatic rings. The van der Waals surface area contributed by atoms with Crippen LogP contribution >= 0.6 is 0 Å². The summed E-state index contributed by atoms with van der Waals surface area (Å²) in [5.74, 6) is -0.492. The average Bonchev–Trinajstić information content (AvgIpc) is 2.47.